The summed E-state index contributed by atoms with van der Waals surface area (Å²) in [5.74, 6) is -0.327. The minimum Gasteiger partial charge on any atom is -0.326 e. The largest absolute Gasteiger partial charge is 0.326 e. The molecule has 6 heteroatoms. The van der Waals surface area contributed by atoms with Crippen molar-refractivity contribution in [2.45, 2.75) is 6.42 Å². The van der Waals surface area contributed by atoms with Crippen molar-refractivity contribution in [1.29, 1.82) is 0 Å². The van der Waals surface area contributed by atoms with Crippen LogP contribution in [0.1, 0.15) is 32.9 Å². The second-order valence-corrected chi connectivity index (χ2v) is 8.07. The van der Waals surface area contributed by atoms with E-state index < -0.39 is 0 Å². The van der Waals surface area contributed by atoms with Crippen molar-refractivity contribution in [2.75, 3.05) is 5.32 Å². The topological polar surface area (TPSA) is 87.7 Å². The summed E-state index contributed by atoms with van der Waals surface area (Å²) in [6.07, 6.45) is 5.77. The number of benzene rings is 3. The number of carbonyl (C=O) groups excluding carboxylic acids is 2. The maximum atomic E-state index is 13.2. The summed E-state index contributed by atoms with van der Waals surface area (Å²) in [4.78, 5) is 29.7. The van der Waals surface area contributed by atoms with Crippen LogP contribution in [-0.2, 0) is 11.2 Å². The van der Waals surface area contributed by atoms with Gasteiger partial charge in [0.05, 0.1) is 17.6 Å². The van der Waals surface area contributed by atoms with E-state index >= 15 is 0 Å². The molecule has 0 saturated carbocycles. The van der Waals surface area contributed by atoms with Crippen LogP contribution in [0.3, 0.4) is 0 Å². The molecule has 2 aromatic heterocycles. The quantitative estimate of drug-likeness (QED) is 0.314. The molecule has 0 aliphatic rings. The number of aromatic nitrogens is 3. The van der Waals surface area contributed by atoms with Crippen LogP contribution < -0.4 is 5.32 Å². The van der Waals surface area contributed by atoms with Crippen LogP contribution in [0.25, 0.3) is 23.1 Å². The van der Waals surface area contributed by atoms with E-state index in [0.29, 0.717) is 22.5 Å². The van der Waals surface area contributed by atoms with Crippen LogP contribution >= 0.6 is 0 Å². The fourth-order valence-electron chi connectivity index (χ4n) is 3.83. The predicted octanol–water partition coefficient (Wildman–Crippen LogP) is 5.54. The molecule has 3 aromatic carbocycles. The third-order valence-corrected chi connectivity index (χ3v) is 5.56. The molecule has 170 valence electrons. The lowest BCUT2D eigenvalue weighted by Gasteiger charge is -2.07. The number of nitrogens with zero attached hydrogens (tertiary/aromatic N) is 2. The number of aromatic amines is 1. The molecule has 0 unspecified atom stereocenters. The van der Waals surface area contributed by atoms with Gasteiger partial charge in [0.1, 0.15) is 0 Å². The van der Waals surface area contributed by atoms with Gasteiger partial charge in [-0.3, -0.25) is 19.7 Å². The van der Waals surface area contributed by atoms with Crippen LogP contribution in [0.2, 0.25) is 0 Å². The van der Waals surface area contributed by atoms with Crippen molar-refractivity contribution in [3.63, 3.8) is 0 Å². The fourth-order valence-corrected chi connectivity index (χ4v) is 3.83. The second-order valence-electron chi connectivity index (χ2n) is 8.07. The molecule has 0 radical (unpaired) electrons. The molecule has 5 rings (SSSR count). The highest BCUT2D eigenvalue weighted by Gasteiger charge is 2.13. The maximum absolute atomic E-state index is 13.2. The molecule has 0 bridgehead atoms. The molecule has 6 nitrogen and oxygen atoms in total. The van der Waals surface area contributed by atoms with Gasteiger partial charge in [-0.05, 0) is 48.0 Å². The number of anilines is 1. The van der Waals surface area contributed by atoms with E-state index in [-0.39, 0.29) is 18.1 Å². The number of hydrogen-bond acceptors (Lipinski definition) is 4. The molecule has 1 amide bonds. The van der Waals surface area contributed by atoms with Gasteiger partial charge in [0, 0.05) is 34.1 Å². The number of carbonyl (C=O) groups is 2. The smallest absolute Gasteiger partial charge is 0.230 e. The van der Waals surface area contributed by atoms with Crippen molar-refractivity contribution in [3.05, 3.63) is 125 Å². The predicted molar refractivity (Wildman–Crippen MR) is 138 cm³/mol. The van der Waals surface area contributed by atoms with Gasteiger partial charge in [0.2, 0.25) is 5.91 Å². The van der Waals surface area contributed by atoms with Crippen molar-refractivity contribution >= 4 is 40.4 Å². The van der Waals surface area contributed by atoms with E-state index in [9.17, 15) is 9.59 Å². The Morgan fingerprint density at radius 1 is 0.829 bits per heavy atom. The number of hydrogen-bond donors (Lipinski definition) is 2. The van der Waals surface area contributed by atoms with Gasteiger partial charge in [0.25, 0.3) is 0 Å². The molecule has 0 spiro atoms. The second kappa shape index (κ2) is 9.97. The minimum absolute atomic E-state index is 0.135. The van der Waals surface area contributed by atoms with Gasteiger partial charge < -0.3 is 5.32 Å². The molecule has 0 aliphatic heterocycles. The molecule has 0 fully saturated rings. The van der Waals surface area contributed by atoms with Crippen LogP contribution in [0.5, 0.6) is 0 Å². The van der Waals surface area contributed by atoms with E-state index in [2.05, 4.69) is 20.5 Å². The first kappa shape index (κ1) is 22.0. The Morgan fingerprint density at radius 2 is 1.66 bits per heavy atom. The first-order valence-corrected chi connectivity index (χ1v) is 11.2. The van der Waals surface area contributed by atoms with Crippen molar-refractivity contribution in [2.24, 2.45) is 0 Å². The maximum Gasteiger partial charge on any atom is 0.230 e. The van der Waals surface area contributed by atoms with Crippen molar-refractivity contribution in [1.82, 2.24) is 15.2 Å². The summed E-state index contributed by atoms with van der Waals surface area (Å²) < 4.78 is 0. The highest BCUT2D eigenvalue weighted by molar-refractivity contribution is 6.11. The minimum atomic E-state index is -0.191. The van der Waals surface area contributed by atoms with Crippen LogP contribution in [0, 0.1) is 0 Å². The summed E-state index contributed by atoms with van der Waals surface area (Å²) in [7, 11) is 0. The lowest BCUT2D eigenvalue weighted by Crippen LogP contribution is -2.15. The third kappa shape index (κ3) is 5.23. The van der Waals surface area contributed by atoms with Gasteiger partial charge in [0.15, 0.2) is 5.78 Å². The van der Waals surface area contributed by atoms with E-state index in [4.69, 9.17) is 0 Å². The van der Waals surface area contributed by atoms with E-state index in [1.54, 1.807) is 54.7 Å². The van der Waals surface area contributed by atoms with Gasteiger partial charge in [-0.15, -0.1) is 0 Å². The summed E-state index contributed by atoms with van der Waals surface area (Å²) in [6, 6.07) is 27.9. The third-order valence-electron chi connectivity index (χ3n) is 5.56. The van der Waals surface area contributed by atoms with Crippen LogP contribution in [-0.4, -0.2) is 26.9 Å². The number of H-pyrrole nitrogens is 1. The molecule has 0 atom stereocenters. The van der Waals surface area contributed by atoms with Gasteiger partial charge >= 0.3 is 0 Å². The fraction of sp³-hybridized carbons (Fsp3) is 0.0345. The molecule has 5 aromatic rings. The van der Waals surface area contributed by atoms with Crippen molar-refractivity contribution in [3.8, 4) is 0 Å². The number of rotatable bonds is 7. The number of nitrogens with one attached hydrogen (secondary N) is 2. The molecular weight excluding hydrogens is 436 g/mol. The Kier molecular flexibility index (Phi) is 6.26. The summed E-state index contributed by atoms with van der Waals surface area (Å²) in [6.45, 7) is 0. The molecule has 2 N–H and O–H groups in total. The molecule has 35 heavy (non-hydrogen) atoms. The van der Waals surface area contributed by atoms with Crippen LogP contribution in [0.15, 0.2) is 97.2 Å². The van der Waals surface area contributed by atoms with E-state index in [1.165, 1.54) is 0 Å². The number of fused-ring (bicyclic) bond motifs is 1. The monoisotopic (exact) mass is 458 g/mol. The highest BCUT2D eigenvalue weighted by Crippen LogP contribution is 2.22. The molecule has 2 heterocycles. The van der Waals surface area contributed by atoms with E-state index in [1.807, 2.05) is 54.6 Å². The highest BCUT2D eigenvalue weighted by atomic mass is 16.1. The molecule has 0 saturated heterocycles. The summed E-state index contributed by atoms with van der Waals surface area (Å²) in [5, 5.41) is 11.2. The Labute approximate surface area is 202 Å². The lowest BCUT2D eigenvalue weighted by molar-refractivity contribution is -0.115. The van der Waals surface area contributed by atoms with Gasteiger partial charge in [-0.25, -0.2) is 0 Å². The summed E-state index contributed by atoms with van der Waals surface area (Å²) >= 11 is 0. The zero-order valence-electron chi connectivity index (χ0n) is 18.8. The Morgan fingerprint density at radius 3 is 2.49 bits per heavy atom. The molecular formula is C29H22N4O2. The summed E-state index contributed by atoms with van der Waals surface area (Å²) in [5.41, 5.74) is 4.95. The zero-order chi connectivity index (χ0) is 24.0. The first-order chi connectivity index (χ1) is 17.2. The lowest BCUT2D eigenvalue weighted by atomic mass is 10.0. The molecule has 0 aliphatic carbocycles. The van der Waals surface area contributed by atoms with Crippen LogP contribution in [0.4, 0.5) is 5.69 Å². The Balaban J connectivity index is 1.32. The van der Waals surface area contributed by atoms with E-state index in [0.717, 1.165) is 22.2 Å². The standard InChI is InChI=1S/C29H22N4O2/c34-28(19-23-10-4-5-16-30-23)31-24-11-6-9-21(17-24)29(35)22-13-14-25-26(32-33-27(25)18-22)15-12-20-7-2-1-3-8-20/h1-18H,19H2,(H,31,34)(H,32,33)/b15-12+. The number of ketones is 1. The zero-order valence-corrected chi connectivity index (χ0v) is 18.8. The number of amides is 1. The normalized spacial score (nSPS) is 11.1. The van der Waals surface area contributed by atoms with Crippen molar-refractivity contribution < 1.29 is 9.59 Å². The van der Waals surface area contributed by atoms with Gasteiger partial charge in [-0.2, -0.15) is 5.10 Å². The Bertz CT molecular complexity index is 1520. The first-order valence-electron chi connectivity index (χ1n) is 11.2. The number of pyridine rings is 1. The average Bonchev–Trinajstić information content (AvgIpc) is 3.30. The SMILES string of the molecule is O=C(Cc1ccccn1)Nc1cccc(C(=O)c2ccc3c(/C=C/c4ccccc4)n[nH]c3c2)c1. The average molecular weight is 459 g/mol. The van der Waals surface area contributed by atoms with Gasteiger partial charge in [-0.1, -0.05) is 60.7 Å². The Hall–Kier alpha value is -4.84.